The molecule has 10 aromatic carbocycles. The van der Waals surface area contributed by atoms with Gasteiger partial charge < -0.3 is 20.0 Å². The lowest BCUT2D eigenvalue weighted by atomic mass is 10.1. The van der Waals surface area contributed by atoms with E-state index in [4.69, 9.17) is 20.8 Å². The molecule has 72 heavy (non-hydrogen) atoms. The first-order valence-corrected chi connectivity index (χ1v) is 24.2. The third-order valence-corrected chi connectivity index (χ3v) is 15.0. The monoisotopic (exact) mass is 921 g/mol. The first kappa shape index (κ1) is 38.9. The van der Waals surface area contributed by atoms with E-state index in [2.05, 4.69) is 201 Å². The summed E-state index contributed by atoms with van der Waals surface area (Å²) in [6.45, 7) is 0. The Morgan fingerprint density at radius 3 is 1.36 bits per heavy atom. The standard InChI is InChI=1S/C63H39N9/c64-72-56-26-14-10-22-44(56)48-32-31-47-43-21-9-13-25-53(43)70(59(47)60(48)72)40-28-34-55-50(36-40)49-35-39(69-52-24-12-8-20-42(52)46-30-29-45-41-19-7-11-23-51(41)65-57(45)58(46)69)27-33-54(49)71(55)63-67-61(37-15-3-1-4-16-37)66-62(68-63)38-17-5-2-6-18-38/h1-36,65H,64H2. The highest BCUT2D eigenvalue weighted by atomic mass is 15.3. The summed E-state index contributed by atoms with van der Waals surface area (Å²) in [4.78, 5) is 19.5. The van der Waals surface area contributed by atoms with E-state index in [0.717, 1.165) is 110 Å². The summed E-state index contributed by atoms with van der Waals surface area (Å²) in [5.74, 6) is 8.86. The van der Waals surface area contributed by atoms with Crippen molar-refractivity contribution in [1.29, 1.82) is 0 Å². The van der Waals surface area contributed by atoms with Crippen LogP contribution < -0.4 is 5.84 Å². The SMILES string of the molecule is Nn1c2ccccc2c2ccc3c4ccccc4n(-c4ccc5c(c4)c4cc(-n6c7ccccc7c7ccc8c9ccccc9[nH]c8c76)ccc4n5-c4nc(-c5ccccc5)nc(-c5ccccc5)n4)c3c21. The van der Waals surface area contributed by atoms with E-state index < -0.39 is 0 Å². The molecule has 16 rings (SSSR count). The fourth-order valence-corrected chi connectivity index (χ4v) is 11.8. The molecular weight excluding hydrogens is 883 g/mol. The number of rotatable bonds is 5. The molecule has 6 heterocycles. The lowest BCUT2D eigenvalue weighted by Crippen LogP contribution is -2.08. The molecule has 0 unspecified atom stereocenters. The third-order valence-electron chi connectivity index (χ3n) is 15.0. The lowest BCUT2D eigenvalue weighted by molar-refractivity contribution is 0.953. The maximum absolute atomic E-state index is 7.13. The molecule has 0 fully saturated rings. The Kier molecular flexibility index (Phi) is 7.85. The number of benzene rings is 10. The van der Waals surface area contributed by atoms with Gasteiger partial charge in [0.1, 0.15) is 0 Å². The number of hydrogen-bond donors (Lipinski definition) is 2. The Morgan fingerprint density at radius 1 is 0.319 bits per heavy atom. The molecule has 0 aliphatic heterocycles. The van der Waals surface area contributed by atoms with Gasteiger partial charge >= 0.3 is 0 Å². The summed E-state index contributed by atoms with van der Waals surface area (Å²) in [7, 11) is 0. The topological polar surface area (TPSA) is 100 Å². The molecule has 336 valence electrons. The molecule has 9 heteroatoms. The highest BCUT2D eigenvalue weighted by molar-refractivity contribution is 6.25. The molecule has 0 atom stereocenters. The van der Waals surface area contributed by atoms with Crippen LogP contribution >= 0.6 is 0 Å². The zero-order chi connectivity index (χ0) is 47.2. The van der Waals surface area contributed by atoms with Crippen molar-refractivity contribution in [2.75, 3.05) is 5.84 Å². The van der Waals surface area contributed by atoms with Gasteiger partial charge in [-0.05, 0) is 60.7 Å². The molecule has 0 spiro atoms. The van der Waals surface area contributed by atoms with E-state index in [1.54, 1.807) is 0 Å². The second-order valence-corrected chi connectivity index (χ2v) is 18.8. The van der Waals surface area contributed by atoms with E-state index >= 15 is 0 Å². The van der Waals surface area contributed by atoms with Gasteiger partial charge in [-0.15, -0.1) is 0 Å². The van der Waals surface area contributed by atoms with Crippen molar-refractivity contribution in [2.24, 2.45) is 0 Å². The quantitative estimate of drug-likeness (QED) is 0.168. The Hall–Kier alpha value is -9.99. The highest BCUT2D eigenvalue weighted by Gasteiger charge is 2.24. The summed E-state index contributed by atoms with van der Waals surface area (Å²) in [6.07, 6.45) is 0. The highest BCUT2D eigenvalue weighted by Crippen LogP contribution is 2.43. The molecular formula is C63H39N9. The van der Waals surface area contributed by atoms with Crippen LogP contribution in [0.25, 0.3) is 149 Å². The second kappa shape index (κ2) is 14.5. The molecule has 0 aliphatic carbocycles. The summed E-state index contributed by atoms with van der Waals surface area (Å²) < 4.78 is 8.90. The van der Waals surface area contributed by atoms with Crippen LogP contribution in [0.4, 0.5) is 0 Å². The van der Waals surface area contributed by atoms with Crippen molar-refractivity contribution in [3.8, 4) is 40.1 Å². The van der Waals surface area contributed by atoms with Gasteiger partial charge in [0.25, 0.3) is 0 Å². The molecule has 0 amide bonds. The molecule has 0 saturated heterocycles. The molecule has 0 saturated carbocycles. The van der Waals surface area contributed by atoms with Gasteiger partial charge in [0.05, 0.1) is 49.7 Å². The Bertz CT molecular complexity index is 4880. The number of hydrogen-bond acceptors (Lipinski definition) is 4. The van der Waals surface area contributed by atoms with Gasteiger partial charge in [0, 0.05) is 81.9 Å². The number of nitrogens with two attached hydrogens (primary N) is 1. The van der Waals surface area contributed by atoms with Gasteiger partial charge in [0.15, 0.2) is 11.6 Å². The first-order chi connectivity index (χ1) is 35.6. The van der Waals surface area contributed by atoms with Gasteiger partial charge in [-0.3, -0.25) is 9.24 Å². The van der Waals surface area contributed by atoms with Crippen molar-refractivity contribution in [1.82, 2.24) is 38.3 Å². The Labute approximate surface area is 409 Å². The van der Waals surface area contributed by atoms with E-state index in [0.29, 0.717) is 17.6 Å². The minimum Gasteiger partial charge on any atom is -0.353 e. The predicted molar refractivity (Wildman–Crippen MR) is 296 cm³/mol. The minimum atomic E-state index is 0.533. The first-order valence-electron chi connectivity index (χ1n) is 24.2. The van der Waals surface area contributed by atoms with Crippen molar-refractivity contribution >= 4 is 109 Å². The number of fused-ring (bicyclic) bond motifs is 17. The van der Waals surface area contributed by atoms with Crippen molar-refractivity contribution < 1.29 is 0 Å². The van der Waals surface area contributed by atoms with E-state index in [1.807, 2.05) is 41.1 Å². The lowest BCUT2D eigenvalue weighted by Gasteiger charge is -2.12. The molecule has 3 N–H and O–H groups in total. The van der Waals surface area contributed by atoms with Crippen LogP contribution in [0.15, 0.2) is 218 Å². The molecule has 9 nitrogen and oxygen atoms in total. The van der Waals surface area contributed by atoms with Gasteiger partial charge in [-0.25, -0.2) is 4.98 Å². The Morgan fingerprint density at radius 2 is 0.764 bits per heavy atom. The zero-order valence-corrected chi connectivity index (χ0v) is 38.5. The number of aromatic amines is 1. The molecule has 6 aromatic heterocycles. The molecule has 0 bridgehead atoms. The summed E-state index contributed by atoms with van der Waals surface area (Å²) in [5, 5.41) is 11.4. The van der Waals surface area contributed by atoms with Crippen LogP contribution in [0.5, 0.6) is 0 Å². The van der Waals surface area contributed by atoms with E-state index in [1.165, 1.54) is 21.5 Å². The number of nitrogens with zero attached hydrogens (tertiary/aromatic N) is 7. The molecule has 16 aromatic rings. The summed E-state index contributed by atoms with van der Waals surface area (Å²) in [6, 6.07) is 77.4. The normalized spacial score (nSPS) is 12.2. The minimum absolute atomic E-state index is 0.533. The largest absolute Gasteiger partial charge is 0.353 e. The van der Waals surface area contributed by atoms with Crippen molar-refractivity contribution in [3.05, 3.63) is 218 Å². The van der Waals surface area contributed by atoms with Crippen LogP contribution in [0, 0.1) is 0 Å². The molecule has 0 aliphatic rings. The van der Waals surface area contributed by atoms with Crippen LogP contribution in [0.2, 0.25) is 0 Å². The van der Waals surface area contributed by atoms with Gasteiger partial charge in [-0.2, -0.15) is 9.97 Å². The van der Waals surface area contributed by atoms with Crippen LogP contribution in [-0.2, 0) is 0 Å². The van der Waals surface area contributed by atoms with Crippen molar-refractivity contribution in [2.45, 2.75) is 0 Å². The number of nitrogens with one attached hydrogen (secondary N) is 1. The fraction of sp³-hybridized carbons (Fsp3) is 0. The maximum atomic E-state index is 7.13. The summed E-state index contributed by atoms with van der Waals surface area (Å²) >= 11 is 0. The average Bonchev–Trinajstić information content (AvgIpc) is 4.24. The summed E-state index contributed by atoms with van der Waals surface area (Å²) in [5.41, 5.74) is 14.4. The fourth-order valence-electron chi connectivity index (χ4n) is 11.8. The van der Waals surface area contributed by atoms with Crippen LogP contribution in [0.1, 0.15) is 0 Å². The maximum Gasteiger partial charge on any atom is 0.238 e. The number of aromatic nitrogens is 8. The number of H-pyrrole nitrogens is 1. The van der Waals surface area contributed by atoms with Crippen molar-refractivity contribution in [3.63, 3.8) is 0 Å². The predicted octanol–water partition coefficient (Wildman–Crippen LogP) is 15.0. The van der Waals surface area contributed by atoms with Crippen LogP contribution in [0.3, 0.4) is 0 Å². The van der Waals surface area contributed by atoms with Crippen LogP contribution in [-0.4, -0.2) is 38.3 Å². The number of nitrogen functional groups attached to an aromatic ring is 1. The van der Waals surface area contributed by atoms with E-state index in [-0.39, 0.29) is 0 Å². The van der Waals surface area contributed by atoms with E-state index in [9.17, 15) is 0 Å². The van der Waals surface area contributed by atoms with Gasteiger partial charge in [-0.1, -0.05) is 158 Å². The zero-order valence-electron chi connectivity index (χ0n) is 38.5. The smallest absolute Gasteiger partial charge is 0.238 e. The second-order valence-electron chi connectivity index (χ2n) is 18.8. The molecule has 0 radical (unpaired) electrons. The average molecular weight is 922 g/mol. The number of para-hydroxylation sites is 4. The Balaban J connectivity index is 1.03. The van der Waals surface area contributed by atoms with Gasteiger partial charge in [0.2, 0.25) is 5.95 Å². The third kappa shape index (κ3) is 5.33.